The number of rotatable bonds is 2. The summed E-state index contributed by atoms with van der Waals surface area (Å²) >= 11 is 2.10. The highest BCUT2D eigenvalue weighted by molar-refractivity contribution is 14.1. The van der Waals surface area contributed by atoms with Crippen LogP contribution in [0.4, 0.5) is 0 Å². The first-order chi connectivity index (χ1) is 8.49. The predicted molar refractivity (Wildman–Crippen MR) is 70.4 cm³/mol. The Morgan fingerprint density at radius 2 is 1.89 bits per heavy atom. The minimum Gasteiger partial charge on any atom is -0.325 e. The molecule has 0 radical (unpaired) electrons. The van der Waals surface area contributed by atoms with E-state index in [1.807, 2.05) is 6.92 Å². The van der Waals surface area contributed by atoms with E-state index in [0.29, 0.717) is 10.6 Å². The molecule has 0 unspecified atom stereocenters. The molecule has 18 heavy (non-hydrogen) atoms. The number of halogens is 1. The normalized spacial score (nSPS) is 15.1. The molecule has 0 spiro atoms. The van der Waals surface area contributed by atoms with E-state index in [4.69, 9.17) is 4.84 Å². The van der Waals surface area contributed by atoms with Crippen LogP contribution in [0.3, 0.4) is 0 Å². The first kappa shape index (κ1) is 13.0. The van der Waals surface area contributed by atoms with Gasteiger partial charge in [-0.25, -0.2) is 4.79 Å². The Balaban J connectivity index is 2.14. The summed E-state index contributed by atoms with van der Waals surface area (Å²) in [6.45, 7) is 1.92. The van der Waals surface area contributed by atoms with Gasteiger partial charge in [0, 0.05) is 16.4 Å². The molecule has 6 heteroatoms. The van der Waals surface area contributed by atoms with Crippen LogP contribution in [-0.4, -0.2) is 22.8 Å². The zero-order chi connectivity index (χ0) is 13.3. The molecule has 1 aliphatic heterocycles. The fourth-order valence-corrected chi connectivity index (χ4v) is 2.03. The molecule has 94 valence electrons. The largest absolute Gasteiger partial charge is 0.363 e. The van der Waals surface area contributed by atoms with Crippen molar-refractivity contribution in [1.82, 2.24) is 5.06 Å². The van der Waals surface area contributed by atoms with Crippen molar-refractivity contribution in [1.29, 1.82) is 0 Å². The summed E-state index contributed by atoms with van der Waals surface area (Å²) in [4.78, 5) is 39.2. The zero-order valence-electron chi connectivity index (χ0n) is 9.60. The topological polar surface area (TPSA) is 63.7 Å². The van der Waals surface area contributed by atoms with Gasteiger partial charge in [0.2, 0.25) is 0 Å². The fourth-order valence-electron chi connectivity index (χ4n) is 1.51. The number of hydrogen-bond donors (Lipinski definition) is 0. The predicted octanol–water partition coefficient (Wildman–Crippen LogP) is 1.82. The maximum Gasteiger partial charge on any atom is 0.363 e. The third-order valence-corrected chi connectivity index (χ3v) is 3.75. The average Bonchev–Trinajstić information content (AvgIpc) is 2.64. The van der Waals surface area contributed by atoms with E-state index in [9.17, 15) is 14.4 Å². The Hall–Kier alpha value is -1.44. The highest BCUT2D eigenvalue weighted by Gasteiger charge is 2.33. The lowest BCUT2D eigenvalue weighted by molar-refractivity contribution is -0.172. The molecule has 0 aromatic heterocycles. The first-order valence-corrected chi connectivity index (χ1v) is 6.41. The van der Waals surface area contributed by atoms with E-state index in [1.165, 1.54) is 0 Å². The molecule has 1 aliphatic rings. The molecule has 0 atom stereocenters. The van der Waals surface area contributed by atoms with Crippen molar-refractivity contribution in [2.75, 3.05) is 0 Å². The van der Waals surface area contributed by atoms with Crippen molar-refractivity contribution in [3.8, 4) is 0 Å². The number of benzene rings is 1. The van der Waals surface area contributed by atoms with Gasteiger partial charge in [-0.2, -0.15) is 0 Å². The lowest BCUT2D eigenvalue weighted by Gasteiger charge is -2.12. The molecule has 0 N–H and O–H groups in total. The molecule has 1 saturated heterocycles. The number of carbonyl (C=O) groups excluding carboxylic acids is 3. The second kappa shape index (κ2) is 5.05. The molecule has 2 rings (SSSR count). The Bertz CT molecular complexity index is 525. The molecule has 5 nitrogen and oxygen atoms in total. The first-order valence-electron chi connectivity index (χ1n) is 5.33. The van der Waals surface area contributed by atoms with E-state index in [-0.39, 0.29) is 12.8 Å². The van der Waals surface area contributed by atoms with Crippen molar-refractivity contribution < 1.29 is 19.2 Å². The Morgan fingerprint density at radius 1 is 1.28 bits per heavy atom. The van der Waals surface area contributed by atoms with Crippen LogP contribution >= 0.6 is 22.6 Å². The smallest absolute Gasteiger partial charge is 0.325 e. The van der Waals surface area contributed by atoms with E-state index < -0.39 is 17.8 Å². The van der Waals surface area contributed by atoms with Crippen LogP contribution in [0.25, 0.3) is 0 Å². The van der Waals surface area contributed by atoms with Crippen LogP contribution in [-0.2, 0) is 14.4 Å². The molecular weight excluding hydrogens is 349 g/mol. The van der Waals surface area contributed by atoms with Crippen molar-refractivity contribution >= 4 is 40.4 Å². The van der Waals surface area contributed by atoms with E-state index >= 15 is 0 Å². The van der Waals surface area contributed by atoms with Gasteiger partial charge in [-0.05, 0) is 47.2 Å². The summed E-state index contributed by atoms with van der Waals surface area (Å²) in [5.74, 6) is -1.65. The lowest BCUT2D eigenvalue weighted by Crippen LogP contribution is -2.32. The molecule has 1 fully saturated rings. The van der Waals surface area contributed by atoms with Crippen LogP contribution in [0, 0.1) is 10.5 Å². The number of carbonyl (C=O) groups is 3. The van der Waals surface area contributed by atoms with Gasteiger partial charge in [-0.1, -0.05) is 6.07 Å². The van der Waals surface area contributed by atoms with Crippen molar-refractivity contribution in [2.45, 2.75) is 19.8 Å². The van der Waals surface area contributed by atoms with Crippen LogP contribution in [0.1, 0.15) is 28.8 Å². The summed E-state index contributed by atoms with van der Waals surface area (Å²) < 4.78 is 0.918. The number of imide groups is 1. The third kappa shape index (κ3) is 2.53. The van der Waals surface area contributed by atoms with Gasteiger partial charge in [-0.3, -0.25) is 9.59 Å². The number of hydrogen-bond acceptors (Lipinski definition) is 4. The maximum absolute atomic E-state index is 11.8. The summed E-state index contributed by atoms with van der Waals surface area (Å²) in [7, 11) is 0. The van der Waals surface area contributed by atoms with E-state index in [1.54, 1.807) is 18.2 Å². The molecule has 1 aromatic carbocycles. The van der Waals surface area contributed by atoms with Gasteiger partial charge < -0.3 is 4.84 Å². The van der Waals surface area contributed by atoms with Crippen molar-refractivity contribution in [3.05, 3.63) is 32.9 Å². The SMILES string of the molecule is Cc1ccc(C(=O)ON2C(=O)CCC2=O)cc1I. The molecule has 0 saturated carbocycles. The molecule has 0 bridgehead atoms. The van der Waals surface area contributed by atoms with Crippen LogP contribution in [0.15, 0.2) is 18.2 Å². The molecular formula is C12H10INO4. The van der Waals surface area contributed by atoms with Gasteiger partial charge in [0.15, 0.2) is 0 Å². The quantitative estimate of drug-likeness (QED) is 0.597. The Morgan fingerprint density at radius 3 is 2.44 bits per heavy atom. The van der Waals surface area contributed by atoms with Crippen LogP contribution < -0.4 is 0 Å². The van der Waals surface area contributed by atoms with E-state index in [2.05, 4.69) is 22.6 Å². The third-order valence-electron chi connectivity index (χ3n) is 2.59. The number of hydroxylamine groups is 2. The van der Waals surface area contributed by atoms with Crippen molar-refractivity contribution in [3.63, 3.8) is 0 Å². The minimum absolute atomic E-state index is 0.0948. The highest BCUT2D eigenvalue weighted by atomic mass is 127. The summed E-state index contributed by atoms with van der Waals surface area (Å²) in [5, 5.41) is 0.551. The molecule has 1 heterocycles. The molecule has 0 aliphatic carbocycles. The molecule has 2 amide bonds. The standard InChI is InChI=1S/C12H10INO4/c1-7-2-3-8(6-9(7)13)12(17)18-14-10(15)4-5-11(14)16/h2-3,6H,4-5H2,1H3. The lowest BCUT2D eigenvalue weighted by atomic mass is 10.1. The summed E-state index contributed by atoms with van der Waals surface area (Å²) in [6.07, 6.45) is 0.190. The van der Waals surface area contributed by atoms with Gasteiger partial charge in [0.05, 0.1) is 5.56 Å². The Labute approximate surface area is 117 Å². The average molecular weight is 359 g/mol. The van der Waals surface area contributed by atoms with Gasteiger partial charge in [-0.15, -0.1) is 5.06 Å². The maximum atomic E-state index is 11.8. The van der Waals surface area contributed by atoms with Gasteiger partial charge in [0.1, 0.15) is 0 Å². The van der Waals surface area contributed by atoms with Gasteiger partial charge in [0.25, 0.3) is 11.8 Å². The molecule has 1 aromatic rings. The second-order valence-corrected chi connectivity index (χ2v) is 5.09. The number of aryl methyl sites for hydroxylation is 1. The Kier molecular flexibility index (Phi) is 3.65. The highest BCUT2D eigenvalue weighted by Crippen LogP contribution is 2.17. The second-order valence-electron chi connectivity index (χ2n) is 3.92. The monoisotopic (exact) mass is 359 g/mol. The van der Waals surface area contributed by atoms with Crippen molar-refractivity contribution in [2.24, 2.45) is 0 Å². The number of amides is 2. The summed E-state index contributed by atoms with van der Waals surface area (Å²) in [6, 6.07) is 5.04. The number of nitrogens with zero attached hydrogens (tertiary/aromatic N) is 1. The van der Waals surface area contributed by atoms with E-state index in [0.717, 1.165) is 9.13 Å². The zero-order valence-corrected chi connectivity index (χ0v) is 11.8. The fraction of sp³-hybridized carbons (Fsp3) is 0.250. The minimum atomic E-state index is -0.698. The summed E-state index contributed by atoms with van der Waals surface area (Å²) in [5.41, 5.74) is 1.36. The van der Waals surface area contributed by atoms with Gasteiger partial charge >= 0.3 is 5.97 Å². The van der Waals surface area contributed by atoms with Crippen LogP contribution in [0.2, 0.25) is 0 Å². The van der Waals surface area contributed by atoms with Crippen LogP contribution in [0.5, 0.6) is 0 Å².